The van der Waals surface area contributed by atoms with Gasteiger partial charge in [-0.15, -0.1) is 0 Å². The Hall–Kier alpha value is -3.64. The fourth-order valence-corrected chi connectivity index (χ4v) is 3.74. The van der Waals surface area contributed by atoms with E-state index in [9.17, 15) is 0 Å². The number of allylic oxidation sites excluding steroid dienone is 1. The molecule has 0 radical (unpaired) electrons. The summed E-state index contributed by atoms with van der Waals surface area (Å²) in [7, 11) is 0. The molecule has 6 nitrogen and oxygen atoms in total. The molecule has 1 saturated heterocycles. The summed E-state index contributed by atoms with van der Waals surface area (Å²) in [5.74, 6) is 1.69. The van der Waals surface area contributed by atoms with E-state index in [0.29, 0.717) is 6.04 Å². The average Bonchev–Trinajstić information content (AvgIpc) is 3.34. The average molecular weight is 396 g/mol. The van der Waals surface area contributed by atoms with Crippen LogP contribution in [-0.2, 0) is 0 Å². The molecule has 4 N–H and O–H groups in total. The predicted octanol–water partition coefficient (Wildman–Crippen LogP) is 4.83. The van der Waals surface area contributed by atoms with Crippen LogP contribution in [-0.4, -0.2) is 41.0 Å². The molecule has 2 aromatic carbocycles. The maximum absolute atomic E-state index is 4.45. The zero-order valence-corrected chi connectivity index (χ0v) is 16.9. The SMILES string of the molecule is C=Nc1[nH]c(-c2ccccc2)cc1/C=C(\C)c1ccc2[nH]nc(NC3CNC3)c2c1. The lowest BCUT2D eigenvalue weighted by molar-refractivity contribution is 0.471. The van der Waals surface area contributed by atoms with Gasteiger partial charge in [0.1, 0.15) is 5.82 Å². The highest BCUT2D eigenvalue weighted by Crippen LogP contribution is 2.31. The molecule has 0 aliphatic carbocycles. The van der Waals surface area contributed by atoms with Gasteiger partial charge in [-0.25, -0.2) is 4.99 Å². The molecule has 0 spiro atoms. The Bertz CT molecular complexity index is 1230. The maximum Gasteiger partial charge on any atom is 0.156 e. The van der Waals surface area contributed by atoms with E-state index in [0.717, 1.165) is 63.6 Å². The summed E-state index contributed by atoms with van der Waals surface area (Å²) in [5, 5.41) is 15.5. The third kappa shape index (κ3) is 3.42. The van der Waals surface area contributed by atoms with Crippen LogP contribution in [0.15, 0.2) is 59.6 Å². The third-order valence-corrected chi connectivity index (χ3v) is 5.58. The smallest absolute Gasteiger partial charge is 0.156 e. The molecule has 2 aromatic heterocycles. The van der Waals surface area contributed by atoms with Crippen molar-refractivity contribution in [1.82, 2.24) is 20.5 Å². The molecule has 150 valence electrons. The standard InChI is InChI=1S/C24H24N6/c1-15(10-18-12-22(28-23(18)25-2)16-6-4-3-5-7-16)17-8-9-21-20(11-17)24(30-29-21)27-19-13-26-14-19/h3-12,19,26,28H,2,13-14H2,1H3,(H2,27,29,30)/b15-10+. The van der Waals surface area contributed by atoms with Crippen molar-refractivity contribution >= 4 is 40.9 Å². The quantitative estimate of drug-likeness (QED) is 0.352. The first-order valence-electron chi connectivity index (χ1n) is 10.1. The fraction of sp³-hybridized carbons (Fsp3) is 0.167. The normalized spacial score (nSPS) is 14.6. The first-order valence-corrected chi connectivity index (χ1v) is 10.1. The Balaban J connectivity index is 1.48. The van der Waals surface area contributed by atoms with E-state index in [2.05, 4.69) is 86.9 Å². The minimum Gasteiger partial charge on any atom is -0.363 e. The van der Waals surface area contributed by atoms with Gasteiger partial charge in [-0.1, -0.05) is 36.4 Å². The summed E-state index contributed by atoms with van der Waals surface area (Å²) in [6.45, 7) is 7.79. The fourth-order valence-electron chi connectivity index (χ4n) is 3.74. The molecule has 4 aromatic rings. The van der Waals surface area contributed by atoms with Gasteiger partial charge >= 0.3 is 0 Å². The monoisotopic (exact) mass is 396 g/mol. The number of benzene rings is 2. The zero-order chi connectivity index (χ0) is 20.5. The number of aromatic amines is 2. The van der Waals surface area contributed by atoms with E-state index in [-0.39, 0.29) is 0 Å². The van der Waals surface area contributed by atoms with Crippen molar-refractivity contribution in [2.45, 2.75) is 13.0 Å². The number of aromatic nitrogens is 3. The molecule has 0 saturated carbocycles. The number of fused-ring (bicyclic) bond motifs is 1. The van der Waals surface area contributed by atoms with Gasteiger partial charge in [-0.2, -0.15) is 5.10 Å². The van der Waals surface area contributed by atoms with Crippen LogP contribution in [0.4, 0.5) is 11.6 Å². The predicted molar refractivity (Wildman–Crippen MR) is 125 cm³/mol. The Kier molecular flexibility index (Phi) is 4.69. The largest absolute Gasteiger partial charge is 0.363 e. The van der Waals surface area contributed by atoms with Crippen molar-refractivity contribution in [3.05, 3.63) is 65.7 Å². The molecule has 0 amide bonds. The number of nitrogens with zero attached hydrogens (tertiary/aromatic N) is 2. The Labute approximate surface area is 175 Å². The van der Waals surface area contributed by atoms with Crippen LogP contribution in [0.25, 0.3) is 33.8 Å². The van der Waals surface area contributed by atoms with Crippen LogP contribution < -0.4 is 10.6 Å². The number of rotatable bonds is 6. The number of anilines is 1. The molecule has 30 heavy (non-hydrogen) atoms. The van der Waals surface area contributed by atoms with Crippen LogP contribution in [0, 0.1) is 0 Å². The van der Waals surface area contributed by atoms with Crippen molar-refractivity contribution in [2.75, 3.05) is 18.4 Å². The van der Waals surface area contributed by atoms with Crippen molar-refractivity contribution in [3.63, 3.8) is 0 Å². The minimum atomic E-state index is 0.439. The lowest BCUT2D eigenvalue weighted by atomic mass is 10.0. The Morgan fingerprint density at radius 1 is 1.17 bits per heavy atom. The summed E-state index contributed by atoms with van der Waals surface area (Å²) in [6.07, 6.45) is 2.15. The van der Waals surface area contributed by atoms with Gasteiger partial charge in [0.05, 0.1) is 11.6 Å². The van der Waals surface area contributed by atoms with Crippen molar-refractivity contribution in [1.29, 1.82) is 0 Å². The van der Waals surface area contributed by atoms with E-state index in [4.69, 9.17) is 0 Å². The summed E-state index contributed by atoms with van der Waals surface area (Å²) >= 11 is 0. The van der Waals surface area contributed by atoms with Crippen LogP contribution >= 0.6 is 0 Å². The van der Waals surface area contributed by atoms with Crippen molar-refractivity contribution in [2.24, 2.45) is 4.99 Å². The van der Waals surface area contributed by atoms with Gasteiger partial charge in [0, 0.05) is 29.7 Å². The van der Waals surface area contributed by atoms with Gasteiger partial charge < -0.3 is 15.6 Å². The number of hydrogen-bond acceptors (Lipinski definition) is 4. The van der Waals surface area contributed by atoms with E-state index in [1.807, 2.05) is 18.2 Å². The van der Waals surface area contributed by atoms with Crippen LogP contribution in [0.1, 0.15) is 18.1 Å². The molecule has 0 unspecified atom stereocenters. The molecule has 5 rings (SSSR count). The maximum atomic E-state index is 4.45. The zero-order valence-electron chi connectivity index (χ0n) is 16.9. The van der Waals surface area contributed by atoms with Crippen molar-refractivity contribution in [3.8, 4) is 11.3 Å². The lowest BCUT2D eigenvalue weighted by Crippen LogP contribution is -2.51. The molecule has 1 aliphatic rings. The molecule has 0 atom stereocenters. The molecule has 1 fully saturated rings. The molecule has 6 heteroatoms. The highest BCUT2D eigenvalue weighted by Gasteiger charge is 2.18. The van der Waals surface area contributed by atoms with Crippen LogP contribution in [0.3, 0.4) is 0 Å². The molecule has 0 bridgehead atoms. The Morgan fingerprint density at radius 2 is 2.00 bits per heavy atom. The van der Waals surface area contributed by atoms with E-state index >= 15 is 0 Å². The first kappa shape index (κ1) is 18.4. The molecular formula is C24H24N6. The van der Waals surface area contributed by atoms with Gasteiger partial charge in [-0.3, -0.25) is 5.10 Å². The van der Waals surface area contributed by atoms with E-state index in [1.165, 1.54) is 0 Å². The third-order valence-electron chi connectivity index (χ3n) is 5.58. The van der Waals surface area contributed by atoms with Crippen molar-refractivity contribution < 1.29 is 0 Å². The van der Waals surface area contributed by atoms with Gasteiger partial charge in [0.2, 0.25) is 0 Å². The highest BCUT2D eigenvalue weighted by molar-refractivity contribution is 5.94. The first-order chi connectivity index (χ1) is 14.7. The second-order valence-corrected chi connectivity index (χ2v) is 7.67. The minimum absolute atomic E-state index is 0.439. The summed E-state index contributed by atoms with van der Waals surface area (Å²) in [6, 6.07) is 19.2. The van der Waals surface area contributed by atoms with Gasteiger partial charge in [-0.05, 0) is 54.6 Å². The number of H-pyrrole nitrogens is 2. The van der Waals surface area contributed by atoms with E-state index < -0.39 is 0 Å². The number of nitrogens with one attached hydrogen (secondary N) is 4. The van der Waals surface area contributed by atoms with Gasteiger partial charge in [0.25, 0.3) is 0 Å². The topological polar surface area (TPSA) is 80.9 Å². The number of aliphatic imine (C=N–C) groups is 1. The van der Waals surface area contributed by atoms with Crippen LogP contribution in [0.5, 0.6) is 0 Å². The number of hydrogen-bond donors (Lipinski definition) is 4. The Morgan fingerprint density at radius 3 is 2.73 bits per heavy atom. The van der Waals surface area contributed by atoms with E-state index in [1.54, 1.807) is 0 Å². The second kappa shape index (κ2) is 7.65. The molecule has 1 aliphatic heterocycles. The molecular weight excluding hydrogens is 372 g/mol. The summed E-state index contributed by atoms with van der Waals surface area (Å²) < 4.78 is 0. The highest BCUT2D eigenvalue weighted by atomic mass is 15.2. The summed E-state index contributed by atoms with van der Waals surface area (Å²) in [4.78, 5) is 7.56. The second-order valence-electron chi connectivity index (χ2n) is 7.67. The van der Waals surface area contributed by atoms with Crippen LogP contribution in [0.2, 0.25) is 0 Å². The van der Waals surface area contributed by atoms with Gasteiger partial charge in [0.15, 0.2) is 5.82 Å². The molecule has 3 heterocycles. The summed E-state index contributed by atoms with van der Waals surface area (Å²) in [5.41, 5.74) is 6.51. The lowest BCUT2D eigenvalue weighted by Gasteiger charge is -2.27.